The molecule has 0 fully saturated rings. The van der Waals surface area contributed by atoms with Crippen LogP contribution in [0.25, 0.3) is 10.8 Å². The van der Waals surface area contributed by atoms with Crippen LogP contribution in [0.2, 0.25) is 0 Å². The second-order valence-corrected chi connectivity index (χ2v) is 8.44. The zero-order chi connectivity index (χ0) is 23.9. The number of benzene rings is 3. The number of nitro groups is 1. The van der Waals surface area contributed by atoms with Crippen LogP contribution in [0.3, 0.4) is 0 Å². The number of anilines is 1. The Morgan fingerprint density at radius 3 is 2.41 bits per heavy atom. The Morgan fingerprint density at radius 1 is 1.12 bits per heavy atom. The van der Waals surface area contributed by atoms with Gasteiger partial charge in [-0.3, -0.25) is 19.5 Å². The quantitative estimate of drug-likeness (QED) is 0.181. The minimum atomic E-state index is -4.83. The second kappa shape index (κ2) is 9.56. The van der Waals surface area contributed by atoms with E-state index in [0.717, 1.165) is 12.1 Å². The van der Waals surface area contributed by atoms with Gasteiger partial charge in [-0.15, -0.1) is 0 Å². The number of hydrazone groups is 1. The van der Waals surface area contributed by atoms with Gasteiger partial charge in [-0.05, 0) is 25.1 Å². The summed E-state index contributed by atoms with van der Waals surface area (Å²) in [6, 6.07) is 11.4. The average molecular weight is 492 g/mol. The molecule has 14 heteroatoms. The number of hydrogen-bond acceptors (Lipinski definition) is 9. The van der Waals surface area contributed by atoms with Crippen molar-refractivity contribution in [3.8, 4) is 5.75 Å². The molecule has 1 heterocycles. The molecule has 3 aromatic carbocycles. The van der Waals surface area contributed by atoms with Crippen LogP contribution in [0.4, 0.5) is 17.1 Å². The molecule has 3 aromatic rings. The van der Waals surface area contributed by atoms with Gasteiger partial charge in [0, 0.05) is 58.5 Å². The van der Waals surface area contributed by atoms with Crippen molar-refractivity contribution in [3.63, 3.8) is 0 Å². The summed E-state index contributed by atoms with van der Waals surface area (Å²) < 4.78 is 33.1. The molecule has 4 rings (SSSR count). The zero-order valence-electron chi connectivity index (χ0n) is 17.9. The molecule has 2 N–H and O–H groups in total. The monoisotopic (exact) mass is 492 g/mol. The van der Waals surface area contributed by atoms with Crippen LogP contribution in [0.1, 0.15) is 6.92 Å². The van der Waals surface area contributed by atoms with Gasteiger partial charge in [0.05, 0.1) is 16.3 Å². The summed E-state index contributed by atoms with van der Waals surface area (Å²) in [6.07, 6.45) is 0. The summed E-state index contributed by atoms with van der Waals surface area (Å²) in [7, 11) is -4.83. The molecule has 1 aliphatic rings. The van der Waals surface area contributed by atoms with E-state index >= 15 is 0 Å². The number of aromatic hydroxyl groups is 1. The number of carbonyl (C=O) groups is 1. The first kappa shape index (κ1) is 25.4. The fraction of sp³-hybridized carbons (Fsp3) is 0.100. The minimum absolute atomic E-state index is 0. The van der Waals surface area contributed by atoms with Crippen molar-refractivity contribution in [2.45, 2.75) is 17.9 Å². The van der Waals surface area contributed by atoms with Gasteiger partial charge >= 0.3 is 0 Å². The smallest absolute Gasteiger partial charge is 0.295 e. The van der Waals surface area contributed by atoms with E-state index in [-0.39, 0.29) is 46.0 Å². The number of phenols is 1. The van der Waals surface area contributed by atoms with Crippen LogP contribution in [0, 0.1) is 10.1 Å². The zero-order valence-corrected chi connectivity index (χ0v) is 20.7. The fourth-order valence-electron chi connectivity index (χ4n) is 3.34. The third-order valence-corrected chi connectivity index (χ3v) is 5.79. The third-order valence-electron chi connectivity index (χ3n) is 4.89. The van der Waals surface area contributed by atoms with E-state index in [9.17, 15) is 33.0 Å². The summed E-state index contributed by atoms with van der Waals surface area (Å²) >= 11 is 0. The van der Waals surface area contributed by atoms with Crippen LogP contribution in [-0.4, -0.2) is 70.2 Å². The van der Waals surface area contributed by atoms with E-state index < -0.39 is 43.3 Å². The first-order chi connectivity index (χ1) is 15.6. The maximum absolute atomic E-state index is 12.8. The van der Waals surface area contributed by atoms with E-state index in [0.29, 0.717) is 17.5 Å². The second-order valence-electron chi connectivity index (χ2n) is 7.05. The number of nitro benzene ring substituents is 1. The van der Waals surface area contributed by atoms with Crippen LogP contribution in [0.15, 0.2) is 74.8 Å². The summed E-state index contributed by atoms with van der Waals surface area (Å²) in [5.74, 6) is -1.15. The van der Waals surface area contributed by atoms with E-state index in [1.54, 1.807) is 37.3 Å². The molecule has 1 atom stereocenters. The molecule has 1 amide bonds. The van der Waals surface area contributed by atoms with Crippen LogP contribution in [-0.2, 0) is 14.9 Å². The predicted octanol–water partition coefficient (Wildman–Crippen LogP) is 3.19. The predicted molar refractivity (Wildman–Crippen MR) is 123 cm³/mol. The SMILES string of the molecule is CC1=NN(c2ccccc2)C(=O)C1N=Nc1c(O)cc(S(=O)(=O)O)c2cc([N+](=O)[O-])ccc12.[Na]. The molecule has 169 valence electrons. The molecule has 12 nitrogen and oxygen atoms in total. The average Bonchev–Trinajstić information content (AvgIpc) is 3.05. The van der Waals surface area contributed by atoms with Gasteiger partial charge in [-0.25, -0.2) is 0 Å². The Kier molecular flexibility index (Phi) is 7.14. The maximum Gasteiger partial charge on any atom is 0.295 e. The number of para-hydroxylation sites is 1. The molecule has 0 saturated carbocycles. The Hall–Kier alpha value is -3.23. The van der Waals surface area contributed by atoms with Gasteiger partial charge in [-0.2, -0.15) is 28.8 Å². The third kappa shape index (κ3) is 4.69. The number of amides is 1. The summed E-state index contributed by atoms with van der Waals surface area (Å²) in [4.78, 5) is 22.4. The van der Waals surface area contributed by atoms with Gasteiger partial charge in [-0.1, -0.05) is 18.2 Å². The van der Waals surface area contributed by atoms with E-state index in [1.807, 2.05) is 0 Å². The molecule has 34 heavy (non-hydrogen) atoms. The number of non-ortho nitro benzene ring substituents is 1. The van der Waals surface area contributed by atoms with Gasteiger partial charge in [0.2, 0.25) is 0 Å². The van der Waals surface area contributed by atoms with Gasteiger partial charge in [0.25, 0.3) is 21.7 Å². The number of carbonyl (C=O) groups excluding carboxylic acids is 1. The Labute approximate surface area is 214 Å². The topological polar surface area (TPSA) is 175 Å². The van der Waals surface area contributed by atoms with Gasteiger partial charge in [0.1, 0.15) is 16.3 Å². The summed E-state index contributed by atoms with van der Waals surface area (Å²) in [5, 5.41) is 34.5. The van der Waals surface area contributed by atoms with Gasteiger partial charge < -0.3 is 5.11 Å². The molecule has 1 aliphatic heterocycles. The Morgan fingerprint density at radius 2 is 1.79 bits per heavy atom. The minimum Gasteiger partial charge on any atom is -0.506 e. The first-order valence-corrected chi connectivity index (χ1v) is 10.8. The van der Waals surface area contributed by atoms with Crippen molar-refractivity contribution in [2.24, 2.45) is 15.3 Å². The molecule has 1 unspecified atom stereocenters. The van der Waals surface area contributed by atoms with Crippen molar-refractivity contribution in [1.82, 2.24) is 0 Å². The van der Waals surface area contributed by atoms with Crippen LogP contribution < -0.4 is 5.01 Å². The molecule has 0 bridgehead atoms. The van der Waals surface area contributed by atoms with E-state index in [4.69, 9.17) is 0 Å². The van der Waals surface area contributed by atoms with Crippen molar-refractivity contribution < 1.29 is 27.8 Å². The molecule has 0 aromatic heterocycles. The molecule has 1 radical (unpaired) electrons. The fourth-order valence-corrected chi connectivity index (χ4v) is 4.05. The van der Waals surface area contributed by atoms with Crippen molar-refractivity contribution >= 4 is 79.1 Å². The number of azo groups is 1. The molecular weight excluding hydrogens is 477 g/mol. The van der Waals surface area contributed by atoms with Gasteiger partial charge in [0.15, 0.2) is 6.04 Å². The maximum atomic E-state index is 12.8. The number of fused-ring (bicyclic) bond motifs is 1. The Bertz CT molecular complexity index is 1480. The molecule has 0 spiro atoms. The van der Waals surface area contributed by atoms with Crippen LogP contribution >= 0.6 is 0 Å². The first-order valence-electron chi connectivity index (χ1n) is 9.34. The number of hydrogen-bond donors (Lipinski definition) is 2. The normalized spacial score (nSPS) is 16.1. The largest absolute Gasteiger partial charge is 0.506 e. The van der Waals surface area contributed by atoms with Crippen LogP contribution in [0.5, 0.6) is 5.75 Å². The summed E-state index contributed by atoms with van der Waals surface area (Å²) in [6.45, 7) is 1.58. The van der Waals surface area contributed by atoms with Crippen molar-refractivity contribution in [2.75, 3.05) is 5.01 Å². The number of nitrogens with zero attached hydrogens (tertiary/aromatic N) is 5. The molecule has 0 saturated heterocycles. The van der Waals surface area contributed by atoms with E-state index in [1.165, 1.54) is 11.1 Å². The molecular formula is C20H15N5NaO7S. The van der Waals surface area contributed by atoms with Crippen molar-refractivity contribution in [3.05, 3.63) is 64.7 Å². The van der Waals surface area contributed by atoms with Crippen molar-refractivity contribution in [1.29, 1.82) is 0 Å². The van der Waals surface area contributed by atoms with E-state index in [2.05, 4.69) is 15.3 Å². The summed E-state index contributed by atoms with van der Waals surface area (Å²) in [5.41, 5.74) is 0.193. The number of rotatable bonds is 5. The standard InChI is InChI=1S/C20H15N5O7S.Na/c1-11-18(20(27)24(23-11)12-5-3-2-4-6-12)21-22-19-14-8-7-13(25(28)29)9-15(14)17(10-16(19)26)33(30,31)32;/h2-10,18,26H,1H3,(H,30,31,32);. The number of phenolic OH excluding ortho intramolecular Hbond substituents is 1. The Balaban J connectivity index is 0.00000324. The molecule has 0 aliphatic carbocycles.